The molecular formula is C10H12N2S4. The molecule has 0 atom stereocenters. The van der Waals surface area contributed by atoms with E-state index in [9.17, 15) is 0 Å². The second-order valence-corrected chi connectivity index (χ2v) is 7.46. The molecule has 0 amide bonds. The maximum atomic E-state index is 8.99. The molecule has 0 unspecified atom stereocenters. The first kappa shape index (κ1) is 14.2. The summed E-state index contributed by atoms with van der Waals surface area (Å²) < 4.78 is 0. The average Bonchev–Trinajstić information content (AvgIpc) is 2.30. The first-order valence-corrected chi connectivity index (χ1v) is 9.12. The maximum absolute atomic E-state index is 8.99. The fourth-order valence-corrected chi connectivity index (χ4v) is 5.23. The number of thioether (sulfide) groups is 4. The van der Waals surface area contributed by atoms with E-state index in [1.54, 1.807) is 0 Å². The van der Waals surface area contributed by atoms with Crippen LogP contribution in [0.5, 0.6) is 0 Å². The predicted octanol–water partition coefficient (Wildman–Crippen LogP) is 3.19. The summed E-state index contributed by atoms with van der Waals surface area (Å²) in [5, 5.41) is 18.0. The van der Waals surface area contributed by atoms with E-state index in [-0.39, 0.29) is 0 Å². The molecule has 0 radical (unpaired) electrons. The smallest absolute Gasteiger partial charge is 0.109 e. The number of nitriles is 2. The van der Waals surface area contributed by atoms with Gasteiger partial charge in [0.2, 0.25) is 0 Å². The van der Waals surface area contributed by atoms with Gasteiger partial charge >= 0.3 is 0 Å². The molecule has 0 aromatic heterocycles. The van der Waals surface area contributed by atoms with Crippen LogP contribution in [0.3, 0.4) is 0 Å². The summed E-state index contributed by atoms with van der Waals surface area (Å²) >= 11 is 6.88. The van der Waals surface area contributed by atoms with Crippen molar-refractivity contribution in [3.05, 3.63) is 9.81 Å². The molecule has 0 fully saturated rings. The molecule has 0 aromatic carbocycles. The number of nitrogens with zero attached hydrogens (tertiary/aromatic N) is 2. The van der Waals surface area contributed by atoms with Crippen LogP contribution in [0.25, 0.3) is 0 Å². The van der Waals surface area contributed by atoms with Crippen LogP contribution in [0.2, 0.25) is 0 Å². The molecule has 0 bridgehead atoms. The predicted molar refractivity (Wildman–Crippen MR) is 77.8 cm³/mol. The van der Waals surface area contributed by atoms with E-state index < -0.39 is 0 Å². The first-order chi connectivity index (χ1) is 7.88. The number of rotatable bonds is 0. The molecule has 0 saturated heterocycles. The second-order valence-electron chi connectivity index (χ2n) is 2.80. The lowest BCUT2D eigenvalue weighted by Gasteiger charge is -2.06. The lowest BCUT2D eigenvalue weighted by atomic mass is 10.5. The number of hydrogen-bond donors (Lipinski definition) is 0. The van der Waals surface area contributed by atoms with Gasteiger partial charge in [-0.25, -0.2) is 0 Å². The fourth-order valence-electron chi connectivity index (χ4n) is 1.02. The largest absolute Gasteiger partial charge is 0.192 e. The molecular weight excluding hydrogens is 276 g/mol. The molecule has 2 nitrogen and oxygen atoms in total. The van der Waals surface area contributed by atoms with Crippen LogP contribution in [0.4, 0.5) is 0 Å². The highest BCUT2D eigenvalue weighted by atomic mass is 32.2. The van der Waals surface area contributed by atoms with E-state index in [1.807, 2.05) is 23.5 Å². The maximum Gasteiger partial charge on any atom is 0.109 e. The van der Waals surface area contributed by atoms with Crippen LogP contribution in [0.1, 0.15) is 0 Å². The molecule has 86 valence electrons. The van der Waals surface area contributed by atoms with Crippen LogP contribution in [0, 0.1) is 22.7 Å². The van der Waals surface area contributed by atoms with Crippen molar-refractivity contribution in [2.45, 2.75) is 0 Å². The third kappa shape index (κ3) is 5.45. The Bertz CT molecular complexity index is 295. The quantitative estimate of drug-likeness (QED) is 0.682. The minimum Gasteiger partial charge on any atom is -0.192 e. The summed E-state index contributed by atoms with van der Waals surface area (Å²) in [6, 6.07) is 4.28. The second kappa shape index (κ2) is 9.18. The Labute approximate surface area is 114 Å². The van der Waals surface area contributed by atoms with Gasteiger partial charge < -0.3 is 0 Å². The van der Waals surface area contributed by atoms with Crippen molar-refractivity contribution in [2.24, 2.45) is 0 Å². The molecule has 0 N–H and O–H groups in total. The van der Waals surface area contributed by atoms with Crippen molar-refractivity contribution in [3.8, 4) is 12.1 Å². The van der Waals surface area contributed by atoms with Crippen molar-refractivity contribution in [3.63, 3.8) is 0 Å². The van der Waals surface area contributed by atoms with Gasteiger partial charge in [-0.05, 0) is 0 Å². The summed E-state index contributed by atoms with van der Waals surface area (Å²) in [5.41, 5.74) is 0. The van der Waals surface area contributed by atoms with Crippen LogP contribution in [-0.4, -0.2) is 34.5 Å². The first-order valence-electron chi connectivity index (χ1n) is 4.84. The zero-order chi connectivity index (χ0) is 11.6. The fraction of sp³-hybridized carbons (Fsp3) is 0.600. The van der Waals surface area contributed by atoms with Gasteiger partial charge in [-0.1, -0.05) is 0 Å². The van der Waals surface area contributed by atoms with Crippen LogP contribution in [-0.2, 0) is 0 Å². The Hall–Kier alpha value is 0.120. The van der Waals surface area contributed by atoms with Gasteiger partial charge in [0.25, 0.3) is 0 Å². The third-order valence-electron chi connectivity index (χ3n) is 1.73. The topological polar surface area (TPSA) is 47.6 Å². The highest BCUT2D eigenvalue weighted by Crippen LogP contribution is 2.28. The highest BCUT2D eigenvalue weighted by molar-refractivity contribution is 8.09. The van der Waals surface area contributed by atoms with E-state index in [0.29, 0.717) is 9.81 Å². The molecule has 1 rings (SSSR count). The molecule has 1 aliphatic rings. The summed E-state index contributed by atoms with van der Waals surface area (Å²) in [5.74, 6) is 6.33. The Kier molecular flexibility index (Phi) is 8.14. The summed E-state index contributed by atoms with van der Waals surface area (Å²) in [4.78, 5) is 1.19. The van der Waals surface area contributed by atoms with Gasteiger partial charge in [-0.15, -0.1) is 23.5 Å². The van der Waals surface area contributed by atoms with Crippen molar-refractivity contribution < 1.29 is 0 Å². The minimum absolute atomic E-state index is 0.596. The molecule has 0 aliphatic carbocycles. The zero-order valence-electron chi connectivity index (χ0n) is 8.77. The van der Waals surface area contributed by atoms with Crippen molar-refractivity contribution in [2.75, 3.05) is 34.5 Å². The van der Waals surface area contributed by atoms with Crippen LogP contribution < -0.4 is 0 Å². The average molecular weight is 288 g/mol. The molecule has 6 heteroatoms. The van der Waals surface area contributed by atoms with Crippen LogP contribution in [0.15, 0.2) is 9.81 Å². The van der Waals surface area contributed by atoms with Crippen LogP contribution >= 0.6 is 47.0 Å². The molecule has 0 spiro atoms. The Morgan fingerprint density at radius 2 is 1.06 bits per heavy atom. The van der Waals surface area contributed by atoms with Gasteiger partial charge in [0.1, 0.15) is 21.9 Å². The molecule has 1 aliphatic heterocycles. The third-order valence-corrected chi connectivity index (χ3v) is 6.59. The Balaban J connectivity index is 2.63. The lowest BCUT2D eigenvalue weighted by Crippen LogP contribution is -1.95. The van der Waals surface area contributed by atoms with Crippen molar-refractivity contribution in [1.29, 1.82) is 10.5 Å². The van der Waals surface area contributed by atoms with E-state index in [4.69, 9.17) is 10.5 Å². The number of hydrogen-bond acceptors (Lipinski definition) is 6. The molecule has 0 aromatic rings. The number of allylic oxidation sites excluding steroid dienone is 2. The lowest BCUT2D eigenvalue weighted by molar-refractivity contribution is 1.45. The monoisotopic (exact) mass is 288 g/mol. The van der Waals surface area contributed by atoms with Crippen molar-refractivity contribution >= 4 is 47.0 Å². The Morgan fingerprint density at radius 3 is 1.44 bits per heavy atom. The van der Waals surface area contributed by atoms with E-state index in [1.165, 1.54) is 35.0 Å². The molecule has 1 heterocycles. The van der Waals surface area contributed by atoms with Gasteiger partial charge in [-0.3, -0.25) is 0 Å². The SMILES string of the molecule is N#C/C1=C(\C#N)SCCSCCSCCS1. The standard InChI is InChI=1S/C10H12N2S4/c11-7-9-10(8-12)16-6-4-14-2-1-13-3-5-15-9/h1-6H2/b10-9-. The van der Waals surface area contributed by atoms with Gasteiger partial charge in [-0.2, -0.15) is 34.0 Å². The van der Waals surface area contributed by atoms with Gasteiger partial charge in [0, 0.05) is 34.5 Å². The van der Waals surface area contributed by atoms with Gasteiger partial charge in [0.15, 0.2) is 0 Å². The van der Waals surface area contributed by atoms with E-state index in [0.717, 1.165) is 23.0 Å². The summed E-state index contributed by atoms with van der Waals surface area (Å²) in [6.07, 6.45) is 0. The van der Waals surface area contributed by atoms with E-state index >= 15 is 0 Å². The Morgan fingerprint density at radius 1 is 0.688 bits per heavy atom. The summed E-state index contributed by atoms with van der Waals surface area (Å²) in [7, 11) is 0. The normalized spacial score (nSPS) is 24.6. The molecule has 0 saturated carbocycles. The minimum atomic E-state index is 0.596. The molecule has 16 heavy (non-hydrogen) atoms. The summed E-state index contributed by atoms with van der Waals surface area (Å²) in [6.45, 7) is 0. The van der Waals surface area contributed by atoms with Crippen molar-refractivity contribution in [1.82, 2.24) is 0 Å². The van der Waals surface area contributed by atoms with E-state index in [2.05, 4.69) is 12.1 Å². The zero-order valence-corrected chi connectivity index (χ0v) is 12.0. The highest BCUT2D eigenvalue weighted by Gasteiger charge is 2.08. The van der Waals surface area contributed by atoms with Gasteiger partial charge in [0.05, 0.1) is 0 Å².